The molecule has 5 rings (SSSR count). The highest BCUT2D eigenvalue weighted by molar-refractivity contribution is 5.83. The Bertz CT molecular complexity index is 1160. The Morgan fingerprint density at radius 2 is 1.96 bits per heavy atom. The first-order valence-electron chi connectivity index (χ1n) is 9.34. The smallest absolute Gasteiger partial charge is 0.196 e. The lowest BCUT2D eigenvalue weighted by atomic mass is 10.1. The van der Waals surface area contributed by atoms with E-state index >= 15 is 0 Å². The second-order valence-electron chi connectivity index (χ2n) is 7.45. The first-order valence-corrected chi connectivity index (χ1v) is 9.34. The summed E-state index contributed by atoms with van der Waals surface area (Å²) in [6.07, 6.45) is 4.99. The number of benzene rings is 1. The van der Waals surface area contributed by atoms with Gasteiger partial charge in [-0.05, 0) is 38.1 Å². The standard InChI is InChI=1S/C20H20FN7/c1-12-8-27(9-13(2)24-12)16-3-4-18-14(5-16)7-22-19(25-18)15-6-17(21)20-26-23-11-28(20)10-15/h3-7,10-13,24H,8-9H2,1-2H3/t12-,13+. The molecule has 1 N–H and O–H groups in total. The number of rotatable bonds is 2. The number of piperazine rings is 1. The number of aromatic nitrogens is 5. The molecule has 0 unspecified atom stereocenters. The Kier molecular flexibility index (Phi) is 3.94. The number of nitrogens with zero attached hydrogens (tertiary/aromatic N) is 6. The normalized spacial score (nSPS) is 20.2. The van der Waals surface area contributed by atoms with Crippen LogP contribution in [0.15, 0.2) is 43.0 Å². The van der Waals surface area contributed by atoms with Crippen LogP contribution in [0, 0.1) is 5.82 Å². The van der Waals surface area contributed by atoms with Crippen LogP contribution in [0.25, 0.3) is 27.9 Å². The van der Waals surface area contributed by atoms with Crippen LogP contribution in [0.5, 0.6) is 0 Å². The molecule has 1 aliphatic heterocycles. The monoisotopic (exact) mass is 377 g/mol. The van der Waals surface area contributed by atoms with E-state index in [1.165, 1.54) is 22.5 Å². The van der Waals surface area contributed by atoms with Gasteiger partial charge in [-0.15, -0.1) is 10.2 Å². The van der Waals surface area contributed by atoms with Gasteiger partial charge in [0.2, 0.25) is 0 Å². The summed E-state index contributed by atoms with van der Waals surface area (Å²) in [5.74, 6) is 0.0233. The lowest BCUT2D eigenvalue weighted by Gasteiger charge is -2.37. The van der Waals surface area contributed by atoms with Gasteiger partial charge in [0, 0.05) is 54.2 Å². The van der Waals surface area contributed by atoms with Crippen LogP contribution < -0.4 is 10.2 Å². The van der Waals surface area contributed by atoms with Crippen LogP contribution in [0.1, 0.15) is 13.8 Å². The summed E-state index contributed by atoms with van der Waals surface area (Å²) >= 11 is 0. The van der Waals surface area contributed by atoms with E-state index in [0.717, 1.165) is 24.0 Å². The molecule has 0 amide bonds. The van der Waals surface area contributed by atoms with Crippen molar-refractivity contribution in [1.29, 1.82) is 0 Å². The van der Waals surface area contributed by atoms with Gasteiger partial charge in [-0.3, -0.25) is 4.40 Å². The maximum Gasteiger partial charge on any atom is 0.196 e. The zero-order valence-corrected chi connectivity index (χ0v) is 15.7. The van der Waals surface area contributed by atoms with Gasteiger partial charge < -0.3 is 10.2 Å². The number of pyridine rings is 1. The largest absolute Gasteiger partial charge is 0.368 e. The zero-order chi connectivity index (χ0) is 19.3. The van der Waals surface area contributed by atoms with Gasteiger partial charge in [0.05, 0.1) is 5.52 Å². The summed E-state index contributed by atoms with van der Waals surface area (Å²) in [6, 6.07) is 8.49. The summed E-state index contributed by atoms with van der Waals surface area (Å²) in [4.78, 5) is 11.5. The molecule has 3 aromatic heterocycles. The maximum atomic E-state index is 14.2. The zero-order valence-electron chi connectivity index (χ0n) is 15.7. The molecule has 1 aliphatic rings. The molecule has 4 heterocycles. The topological polar surface area (TPSA) is 71.2 Å². The molecule has 0 radical (unpaired) electrons. The van der Waals surface area contributed by atoms with E-state index in [1.807, 2.05) is 6.07 Å². The summed E-state index contributed by atoms with van der Waals surface area (Å²) in [5.41, 5.74) is 2.77. The fourth-order valence-electron chi connectivity index (χ4n) is 3.91. The van der Waals surface area contributed by atoms with Gasteiger partial charge >= 0.3 is 0 Å². The minimum absolute atomic E-state index is 0.189. The first-order chi connectivity index (χ1) is 13.6. The number of hydrogen-bond donors (Lipinski definition) is 1. The predicted octanol–water partition coefficient (Wildman–Crippen LogP) is 2.67. The molecule has 2 atom stereocenters. The van der Waals surface area contributed by atoms with Crippen LogP contribution >= 0.6 is 0 Å². The molecule has 0 bridgehead atoms. The number of nitrogens with one attached hydrogen (secondary N) is 1. The van der Waals surface area contributed by atoms with Crippen molar-refractivity contribution < 1.29 is 4.39 Å². The number of halogens is 1. The Hall–Kier alpha value is -3.13. The van der Waals surface area contributed by atoms with Gasteiger partial charge in [-0.1, -0.05) is 0 Å². The fraction of sp³-hybridized carbons (Fsp3) is 0.300. The van der Waals surface area contributed by atoms with E-state index in [9.17, 15) is 4.39 Å². The molecule has 28 heavy (non-hydrogen) atoms. The van der Waals surface area contributed by atoms with Crippen molar-refractivity contribution >= 4 is 22.2 Å². The average molecular weight is 377 g/mol. The van der Waals surface area contributed by atoms with Crippen LogP contribution in [0.3, 0.4) is 0 Å². The van der Waals surface area contributed by atoms with Crippen molar-refractivity contribution in [2.45, 2.75) is 25.9 Å². The van der Waals surface area contributed by atoms with Crippen molar-refractivity contribution in [2.24, 2.45) is 0 Å². The third kappa shape index (κ3) is 2.95. The van der Waals surface area contributed by atoms with E-state index in [4.69, 9.17) is 0 Å². The van der Waals surface area contributed by atoms with Crippen molar-refractivity contribution in [3.05, 3.63) is 48.8 Å². The third-order valence-corrected chi connectivity index (χ3v) is 5.09. The fourth-order valence-corrected chi connectivity index (χ4v) is 3.91. The van der Waals surface area contributed by atoms with E-state index in [-0.39, 0.29) is 5.65 Å². The summed E-state index contributed by atoms with van der Waals surface area (Å²) in [6.45, 7) is 6.33. The van der Waals surface area contributed by atoms with E-state index in [1.54, 1.807) is 12.4 Å². The molecule has 0 spiro atoms. The van der Waals surface area contributed by atoms with E-state index in [0.29, 0.717) is 23.5 Å². The molecule has 1 fully saturated rings. The molecule has 142 valence electrons. The van der Waals surface area contributed by atoms with Crippen molar-refractivity contribution in [2.75, 3.05) is 18.0 Å². The lowest BCUT2D eigenvalue weighted by molar-refractivity contribution is 0.407. The summed E-state index contributed by atoms with van der Waals surface area (Å²) in [7, 11) is 0. The van der Waals surface area contributed by atoms with Crippen molar-refractivity contribution in [3.8, 4) is 11.4 Å². The van der Waals surface area contributed by atoms with E-state index in [2.05, 4.69) is 56.4 Å². The van der Waals surface area contributed by atoms with Crippen molar-refractivity contribution in [3.63, 3.8) is 0 Å². The Balaban J connectivity index is 1.51. The SMILES string of the molecule is C[C@@H]1CN(c2ccc3nc(-c4cc(F)c5nncn5c4)ncc3c2)C[C@H](C)N1. The highest BCUT2D eigenvalue weighted by atomic mass is 19.1. The lowest BCUT2D eigenvalue weighted by Crippen LogP contribution is -2.54. The van der Waals surface area contributed by atoms with Crippen LogP contribution in [0.4, 0.5) is 10.1 Å². The Morgan fingerprint density at radius 3 is 2.79 bits per heavy atom. The predicted molar refractivity (Wildman–Crippen MR) is 106 cm³/mol. The van der Waals surface area contributed by atoms with E-state index < -0.39 is 5.82 Å². The number of hydrogen-bond acceptors (Lipinski definition) is 6. The summed E-state index contributed by atoms with van der Waals surface area (Å²) < 4.78 is 15.7. The minimum atomic E-state index is -0.448. The second kappa shape index (κ2) is 6.49. The van der Waals surface area contributed by atoms with Gasteiger partial charge in [-0.25, -0.2) is 14.4 Å². The minimum Gasteiger partial charge on any atom is -0.368 e. The molecule has 4 aromatic rings. The van der Waals surface area contributed by atoms with Gasteiger partial charge in [-0.2, -0.15) is 0 Å². The maximum absolute atomic E-state index is 14.2. The van der Waals surface area contributed by atoms with Gasteiger partial charge in [0.25, 0.3) is 0 Å². The average Bonchev–Trinajstić information content (AvgIpc) is 3.16. The number of anilines is 1. The molecule has 7 nitrogen and oxygen atoms in total. The second-order valence-corrected chi connectivity index (χ2v) is 7.45. The van der Waals surface area contributed by atoms with Crippen LogP contribution in [0.2, 0.25) is 0 Å². The van der Waals surface area contributed by atoms with Crippen LogP contribution in [-0.2, 0) is 0 Å². The molecule has 0 saturated carbocycles. The Morgan fingerprint density at radius 1 is 1.14 bits per heavy atom. The molecular weight excluding hydrogens is 357 g/mol. The molecular formula is C20H20FN7. The number of fused-ring (bicyclic) bond motifs is 2. The molecule has 0 aliphatic carbocycles. The highest BCUT2D eigenvalue weighted by Crippen LogP contribution is 2.25. The third-order valence-electron chi connectivity index (χ3n) is 5.09. The quantitative estimate of drug-likeness (QED) is 0.579. The van der Waals surface area contributed by atoms with Crippen LogP contribution in [-0.4, -0.2) is 49.7 Å². The summed E-state index contributed by atoms with van der Waals surface area (Å²) in [5, 5.41) is 12.0. The molecule has 1 aromatic carbocycles. The highest BCUT2D eigenvalue weighted by Gasteiger charge is 2.21. The first kappa shape index (κ1) is 17.0. The Labute approximate surface area is 161 Å². The molecule has 1 saturated heterocycles. The van der Waals surface area contributed by atoms with Crippen molar-refractivity contribution in [1.82, 2.24) is 29.9 Å². The van der Waals surface area contributed by atoms with Gasteiger partial charge in [0.15, 0.2) is 17.3 Å². The van der Waals surface area contributed by atoms with Gasteiger partial charge in [0.1, 0.15) is 6.33 Å². The molecule has 8 heteroatoms.